The molecule has 0 fully saturated rings. The zero-order valence-electron chi connectivity index (χ0n) is 11.1. The molecule has 0 aliphatic carbocycles. The van der Waals surface area contributed by atoms with Crippen molar-refractivity contribution in [2.45, 2.75) is 0 Å². The Kier molecular flexibility index (Phi) is 4.00. The maximum Gasteiger partial charge on any atom is 0.313 e. The van der Waals surface area contributed by atoms with Gasteiger partial charge < -0.3 is 4.74 Å². The number of nitrogens with zero attached hydrogens (tertiary/aromatic N) is 1. The van der Waals surface area contributed by atoms with Gasteiger partial charge in [-0.2, -0.15) is 0 Å². The Bertz CT molecular complexity index is 882. The molecule has 0 amide bonds. The summed E-state index contributed by atoms with van der Waals surface area (Å²) in [5.41, 5.74) is -0.167. The van der Waals surface area contributed by atoms with Crippen LogP contribution in [0.1, 0.15) is 0 Å². The topological polar surface area (TPSA) is 52.4 Å². The lowest BCUT2D eigenvalue weighted by atomic mass is 10.1. The average molecular weight is 379 g/mol. The number of ether oxygens (including phenoxy) is 1. The van der Waals surface area contributed by atoms with Gasteiger partial charge in [-0.05, 0) is 29.7 Å². The molecule has 0 atom stereocenters. The average Bonchev–Trinajstić information content (AvgIpc) is 2.51. The van der Waals surface area contributed by atoms with Crippen LogP contribution in [-0.4, -0.2) is 4.92 Å². The van der Waals surface area contributed by atoms with Crippen LogP contribution in [0.4, 0.5) is 5.69 Å². The minimum Gasteiger partial charge on any atom is -0.449 e. The summed E-state index contributed by atoms with van der Waals surface area (Å²) in [5, 5.41) is 13.3. The molecule has 3 aromatic rings. The second-order valence-corrected chi connectivity index (χ2v) is 5.85. The highest BCUT2D eigenvalue weighted by Gasteiger charge is 2.17. The van der Waals surface area contributed by atoms with Gasteiger partial charge in [0.2, 0.25) is 5.75 Å². The van der Waals surface area contributed by atoms with Crippen LogP contribution in [-0.2, 0) is 0 Å². The van der Waals surface area contributed by atoms with E-state index in [0.717, 1.165) is 15.2 Å². The van der Waals surface area contributed by atoms with Crippen molar-refractivity contribution >= 4 is 44.0 Å². The van der Waals surface area contributed by atoms with Gasteiger partial charge in [-0.25, -0.2) is 0 Å². The SMILES string of the molecule is O=[N+]([O-])c1cc(Cl)ccc1Oc1ccc(Br)c2ccccc12. The number of halogens is 2. The van der Waals surface area contributed by atoms with Crippen LogP contribution in [0, 0.1) is 10.1 Å². The van der Waals surface area contributed by atoms with Gasteiger partial charge in [0.05, 0.1) is 4.92 Å². The van der Waals surface area contributed by atoms with Gasteiger partial charge in [-0.15, -0.1) is 0 Å². The van der Waals surface area contributed by atoms with Crippen LogP contribution in [0.25, 0.3) is 10.8 Å². The fourth-order valence-corrected chi connectivity index (χ4v) is 2.81. The molecule has 0 saturated heterocycles. The minimum atomic E-state index is -0.512. The van der Waals surface area contributed by atoms with Gasteiger partial charge in [0.1, 0.15) is 5.75 Å². The molecule has 4 nitrogen and oxygen atoms in total. The third-order valence-corrected chi connectivity index (χ3v) is 4.10. The van der Waals surface area contributed by atoms with Crippen LogP contribution in [0.3, 0.4) is 0 Å². The zero-order valence-corrected chi connectivity index (χ0v) is 13.5. The lowest BCUT2D eigenvalue weighted by Gasteiger charge is -2.10. The quantitative estimate of drug-likeness (QED) is 0.417. The molecule has 0 aliphatic rings. The van der Waals surface area contributed by atoms with E-state index in [9.17, 15) is 10.1 Å². The summed E-state index contributed by atoms with van der Waals surface area (Å²) < 4.78 is 6.70. The van der Waals surface area contributed by atoms with Gasteiger partial charge in [0.15, 0.2) is 0 Å². The molecular weight excluding hydrogens is 370 g/mol. The van der Waals surface area contributed by atoms with Crippen LogP contribution in [0.2, 0.25) is 5.02 Å². The number of hydrogen-bond donors (Lipinski definition) is 0. The van der Waals surface area contributed by atoms with Crippen LogP contribution in [0.5, 0.6) is 11.5 Å². The van der Waals surface area contributed by atoms with E-state index in [4.69, 9.17) is 16.3 Å². The maximum atomic E-state index is 11.1. The van der Waals surface area contributed by atoms with E-state index < -0.39 is 4.92 Å². The van der Waals surface area contributed by atoms with Crippen molar-refractivity contribution in [2.24, 2.45) is 0 Å². The van der Waals surface area contributed by atoms with Gasteiger partial charge >= 0.3 is 5.69 Å². The minimum absolute atomic E-state index is 0.155. The molecule has 0 bridgehead atoms. The van der Waals surface area contributed by atoms with Crippen molar-refractivity contribution < 1.29 is 9.66 Å². The van der Waals surface area contributed by atoms with Gasteiger partial charge in [-0.1, -0.05) is 51.8 Å². The van der Waals surface area contributed by atoms with Crippen molar-refractivity contribution in [1.29, 1.82) is 0 Å². The van der Waals surface area contributed by atoms with Crippen molar-refractivity contribution in [3.05, 3.63) is 74.2 Å². The number of nitro benzene ring substituents is 1. The summed E-state index contributed by atoms with van der Waals surface area (Å²) in [6.07, 6.45) is 0. The summed E-state index contributed by atoms with van der Waals surface area (Å²) in [6, 6.07) is 15.6. The molecule has 3 rings (SSSR count). The highest BCUT2D eigenvalue weighted by molar-refractivity contribution is 9.10. The van der Waals surface area contributed by atoms with Crippen LogP contribution < -0.4 is 4.74 Å². The van der Waals surface area contributed by atoms with Gasteiger partial charge in [0, 0.05) is 20.9 Å². The summed E-state index contributed by atoms with van der Waals surface area (Å²) in [4.78, 5) is 10.6. The highest BCUT2D eigenvalue weighted by Crippen LogP contribution is 2.38. The Morgan fingerprint density at radius 2 is 1.68 bits per heavy atom. The predicted molar refractivity (Wildman–Crippen MR) is 89.8 cm³/mol. The van der Waals surface area contributed by atoms with E-state index >= 15 is 0 Å². The van der Waals surface area contributed by atoms with E-state index in [2.05, 4.69) is 15.9 Å². The second-order valence-electron chi connectivity index (χ2n) is 4.56. The normalized spacial score (nSPS) is 10.6. The number of hydrogen-bond acceptors (Lipinski definition) is 3. The molecule has 0 aromatic heterocycles. The van der Waals surface area contributed by atoms with Crippen LogP contribution in [0.15, 0.2) is 59.1 Å². The molecule has 0 spiro atoms. The molecule has 0 unspecified atom stereocenters. The molecule has 0 heterocycles. The van der Waals surface area contributed by atoms with E-state index in [0.29, 0.717) is 10.8 Å². The number of fused-ring (bicyclic) bond motifs is 1. The maximum absolute atomic E-state index is 11.1. The smallest absolute Gasteiger partial charge is 0.313 e. The van der Waals surface area contributed by atoms with Gasteiger partial charge in [-0.3, -0.25) is 10.1 Å². The number of rotatable bonds is 3. The lowest BCUT2D eigenvalue weighted by molar-refractivity contribution is -0.385. The Morgan fingerprint density at radius 3 is 2.41 bits per heavy atom. The molecule has 110 valence electrons. The first-order valence-electron chi connectivity index (χ1n) is 6.35. The first-order valence-corrected chi connectivity index (χ1v) is 7.52. The summed E-state index contributed by atoms with van der Waals surface area (Å²) in [7, 11) is 0. The zero-order chi connectivity index (χ0) is 15.7. The van der Waals surface area contributed by atoms with Crippen molar-refractivity contribution in [3.8, 4) is 11.5 Å². The molecule has 0 aliphatic heterocycles. The summed E-state index contributed by atoms with van der Waals surface area (Å²) in [5.74, 6) is 0.700. The first-order chi connectivity index (χ1) is 10.6. The summed E-state index contributed by atoms with van der Waals surface area (Å²) >= 11 is 9.30. The molecular formula is C16H9BrClNO3. The molecule has 0 N–H and O–H groups in total. The fourth-order valence-electron chi connectivity index (χ4n) is 2.16. The number of nitro groups is 1. The monoisotopic (exact) mass is 377 g/mol. The Labute approximate surface area is 139 Å². The summed E-state index contributed by atoms with van der Waals surface area (Å²) in [6.45, 7) is 0. The fraction of sp³-hybridized carbons (Fsp3) is 0. The Morgan fingerprint density at radius 1 is 1.00 bits per heavy atom. The largest absolute Gasteiger partial charge is 0.449 e. The predicted octanol–water partition coefficient (Wildman–Crippen LogP) is 5.96. The third kappa shape index (κ3) is 2.77. The van der Waals surface area contributed by atoms with E-state index in [1.165, 1.54) is 12.1 Å². The molecule has 3 aromatic carbocycles. The number of benzene rings is 3. The standard InChI is InChI=1S/C16H9BrClNO3/c17-13-6-8-15(12-4-2-1-3-11(12)13)22-16-7-5-10(18)9-14(16)19(20)21/h1-9H. The van der Waals surface area contributed by atoms with E-state index in [1.54, 1.807) is 12.1 Å². The Hall–Kier alpha value is -2.11. The van der Waals surface area contributed by atoms with Crippen molar-refractivity contribution in [2.75, 3.05) is 0 Å². The third-order valence-electron chi connectivity index (χ3n) is 3.17. The molecule has 22 heavy (non-hydrogen) atoms. The molecule has 0 saturated carbocycles. The van der Waals surface area contributed by atoms with Crippen molar-refractivity contribution in [3.63, 3.8) is 0 Å². The lowest BCUT2D eigenvalue weighted by Crippen LogP contribution is -1.94. The molecule has 6 heteroatoms. The molecule has 0 radical (unpaired) electrons. The van der Waals surface area contributed by atoms with Crippen molar-refractivity contribution in [1.82, 2.24) is 0 Å². The Balaban J connectivity index is 2.12. The van der Waals surface area contributed by atoms with Gasteiger partial charge in [0.25, 0.3) is 0 Å². The highest BCUT2D eigenvalue weighted by atomic mass is 79.9. The van der Waals surface area contributed by atoms with E-state index in [-0.39, 0.29) is 11.4 Å². The van der Waals surface area contributed by atoms with Crippen LogP contribution >= 0.6 is 27.5 Å². The first kappa shape index (κ1) is 14.8. The second kappa shape index (κ2) is 5.94. The van der Waals surface area contributed by atoms with E-state index in [1.807, 2.05) is 30.3 Å².